The molecule has 0 unspecified atom stereocenters. The van der Waals surface area contributed by atoms with E-state index in [-0.39, 0.29) is 30.2 Å². The first-order valence-electron chi connectivity index (χ1n) is 7.58. The fourth-order valence-electron chi connectivity index (χ4n) is 2.01. The van der Waals surface area contributed by atoms with E-state index in [2.05, 4.69) is 0 Å². The average Bonchev–Trinajstić information content (AvgIpc) is 2.60. The molecule has 0 bridgehead atoms. The van der Waals surface area contributed by atoms with Crippen LogP contribution in [0.2, 0.25) is 0 Å². The van der Waals surface area contributed by atoms with Crippen LogP contribution in [0.4, 0.5) is 11.4 Å². The van der Waals surface area contributed by atoms with Crippen molar-refractivity contribution < 1.29 is 23.9 Å². The molecule has 0 saturated carbocycles. The lowest BCUT2D eigenvalue weighted by Gasteiger charge is -2.09. The minimum atomic E-state index is -0.739. The fraction of sp³-hybridized carbons (Fsp3) is 0.235. The summed E-state index contributed by atoms with van der Waals surface area (Å²) in [4.78, 5) is 22.1. The van der Waals surface area contributed by atoms with Gasteiger partial charge in [-0.25, -0.2) is 4.79 Å². The van der Waals surface area contributed by atoms with Crippen molar-refractivity contribution in [3.05, 3.63) is 58.1 Å². The Balaban J connectivity index is 1.84. The number of nitrogen functional groups attached to an aromatic ring is 1. The molecular weight excluding hydrogens is 328 g/mol. The van der Waals surface area contributed by atoms with Crippen LogP contribution in [0.25, 0.3) is 0 Å². The Morgan fingerprint density at radius 2 is 1.72 bits per heavy atom. The van der Waals surface area contributed by atoms with Crippen LogP contribution in [-0.2, 0) is 4.74 Å². The van der Waals surface area contributed by atoms with E-state index in [1.807, 2.05) is 6.92 Å². The summed E-state index contributed by atoms with van der Waals surface area (Å²) in [6.45, 7) is 2.59. The van der Waals surface area contributed by atoms with E-state index in [1.54, 1.807) is 24.3 Å². The third-order valence-electron chi connectivity index (χ3n) is 3.19. The van der Waals surface area contributed by atoms with E-state index in [9.17, 15) is 14.9 Å². The predicted molar refractivity (Wildman–Crippen MR) is 90.9 cm³/mol. The number of nitrogens with zero attached hydrogens (tertiary/aromatic N) is 1. The standard InChI is InChI=1S/C17H18N2O6/c1-2-23-13-4-6-14(7-5-13)24-9-10-25-17(20)15-11-12(19(21)22)3-8-16(15)18/h3-8,11H,2,9-10,18H2,1H3. The summed E-state index contributed by atoms with van der Waals surface area (Å²) in [7, 11) is 0. The molecule has 2 aromatic carbocycles. The van der Waals surface area contributed by atoms with Gasteiger partial charge in [-0.1, -0.05) is 0 Å². The Kier molecular flexibility index (Phi) is 6.16. The first-order valence-corrected chi connectivity index (χ1v) is 7.58. The Hall–Kier alpha value is -3.29. The number of anilines is 1. The molecule has 2 rings (SSSR count). The third-order valence-corrected chi connectivity index (χ3v) is 3.19. The molecule has 0 amide bonds. The number of nitro benzene ring substituents is 1. The SMILES string of the molecule is CCOc1ccc(OCCOC(=O)c2cc([N+](=O)[O-])ccc2N)cc1. The zero-order chi connectivity index (χ0) is 18.2. The lowest BCUT2D eigenvalue weighted by molar-refractivity contribution is -0.384. The highest BCUT2D eigenvalue weighted by molar-refractivity contribution is 5.95. The van der Waals surface area contributed by atoms with Crippen molar-refractivity contribution in [2.75, 3.05) is 25.6 Å². The summed E-state index contributed by atoms with van der Waals surface area (Å²) in [5, 5.41) is 10.8. The van der Waals surface area contributed by atoms with Crippen LogP contribution in [0.5, 0.6) is 11.5 Å². The van der Waals surface area contributed by atoms with Crippen molar-refractivity contribution >= 4 is 17.3 Å². The van der Waals surface area contributed by atoms with Crippen molar-refractivity contribution in [1.82, 2.24) is 0 Å². The summed E-state index contributed by atoms with van der Waals surface area (Å²) in [5.41, 5.74) is 5.50. The molecule has 0 saturated heterocycles. The lowest BCUT2D eigenvalue weighted by atomic mass is 10.1. The molecule has 2 N–H and O–H groups in total. The first kappa shape index (κ1) is 18.1. The highest BCUT2D eigenvalue weighted by atomic mass is 16.6. The van der Waals surface area contributed by atoms with Gasteiger partial charge in [-0.05, 0) is 37.3 Å². The van der Waals surface area contributed by atoms with Crippen LogP contribution in [-0.4, -0.2) is 30.7 Å². The van der Waals surface area contributed by atoms with Crippen LogP contribution < -0.4 is 15.2 Å². The Labute approximate surface area is 144 Å². The topological polar surface area (TPSA) is 114 Å². The minimum absolute atomic E-state index is 0.0197. The van der Waals surface area contributed by atoms with Crippen LogP contribution in [0.15, 0.2) is 42.5 Å². The van der Waals surface area contributed by atoms with Crippen molar-refractivity contribution in [1.29, 1.82) is 0 Å². The number of esters is 1. The van der Waals surface area contributed by atoms with Crippen molar-refractivity contribution in [2.24, 2.45) is 0 Å². The molecule has 0 aromatic heterocycles. The van der Waals surface area contributed by atoms with Crippen LogP contribution in [0.1, 0.15) is 17.3 Å². The van der Waals surface area contributed by atoms with Gasteiger partial charge < -0.3 is 19.9 Å². The quantitative estimate of drug-likeness (QED) is 0.257. The zero-order valence-corrected chi connectivity index (χ0v) is 13.6. The van der Waals surface area contributed by atoms with Gasteiger partial charge in [-0.15, -0.1) is 0 Å². The Bertz CT molecular complexity index is 745. The second-order valence-corrected chi connectivity index (χ2v) is 4.92. The van der Waals surface area contributed by atoms with E-state index in [1.165, 1.54) is 12.1 Å². The van der Waals surface area contributed by atoms with E-state index >= 15 is 0 Å². The second-order valence-electron chi connectivity index (χ2n) is 4.92. The van der Waals surface area contributed by atoms with Gasteiger partial charge in [0, 0.05) is 17.8 Å². The average molecular weight is 346 g/mol. The van der Waals surface area contributed by atoms with Gasteiger partial charge in [0.15, 0.2) is 0 Å². The van der Waals surface area contributed by atoms with Crippen molar-refractivity contribution in [3.63, 3.8) is 0 Å². The van der Waals surface area contributed by atoms with E-state index in [0.29, 0.717) is 12.4 Å². The molecule has 0 atom stereocenters. The molecule has 0 aliphatic carbocycles. The molecular formula is C17H18N2O6. The number of hydrogen-bond donors (Lipinski definition) is 1. The van der Waals surface area contributed by atoms with Gasteiger partial charge in [0.05, 0.1) is 17.1 Å². The molecule has 8 nitrogen and oxygen atoms in total. The smallest absolute Gasteiger partial charge is 0.340 e. The summed E-state index contributed by atoms with van der Waals surface area (Å²) < 4.78 is 15.8. The second kappa shape index (κ2) is 8.53. The molecule has 0 radical (unpaired) electrons. The van der Waals surface area contributed by atoms with Gasteiger partial charge in [-0.2, -0.15) is 0 Å². The number of carbonyl (C=O) groups is 1. The van der Waals surface area contributed by atoms with Gasteiger partial charge in [-0.3, -0.25) is 10.1 Å². The fourth-order valence-corrected chi connectivity index (χ4v) is 2.01. The molecule has 0 aliphatic rings. The van der Waals surface area contributed by atoms with Crippen LogP contribution >= 0.6 is 0 Å². The Morgan fingerprint density at radius 1 is 1.08 bits per heavy atom. The maximum atomic E-state index is 12.0. The lowest BCUT2D eigenvalue weighted by Crippen LogP contribution is -2.14. The van der Waals surface area contributed by atoms with E-state index in [4.69, 9.17) is 19.9 Å². The molecule has 25 heavy (non-hydrogen) atoms. The van der Waals surface area contributed by atoms with Crippen LogP contribution in [0, 0.1) is 10.1 Å². The van der Waals surface area contributed by atoms with Crippen molar-refractivity contribution in [3.8, 4) is 11.5 Å². The van der Waals surface area contributed by atoms with Gasteiger partial charge >= 0.3 is 5.97 Å². The monoisotopic (exact) mass is 346 g/mol. The Morgan fingerprint density at radius 3 is 2.32 bits per heavy atom. The van der Waals surface area contributed by atoms with Crippen molar-refractivity contribution in [2.45, 2.75) is 6.92 Å². The number of rotatable bonds is 8. The molecule has 0 heterocycles. The maximum absolute atomic E-state index is 12.0. The third kappa shape index (κ3) is 5.10. The van der Waals surface area contributed by atoms with Crippen LogP contribution in [0.3, 0.4) is 0 Å². The number of non-ortho nitro benzene ring substituents is 1. The van der Waals surface area contributed by atoms with Gasteiger partial charge in [0.2, 0.25) is 0 Å². The molecule has 8 heteroatoms. The maximum Gasteiger partial charge on any atom is 0.340 e. The molecule has 0 spiro atoms. The highest BCUT2D eigenvalue weighted by Crippen LogP contribution is 2.21. The zero-order valence-electron chi connectivity index (χ0n) is 13.6. The summed E-state index contributed by atoms with van der Waals surface area (Å²) in [6, 6.07) is 10.6. The number of carbonyl (C=O) groups excluding carboxylic acids is 1. The highest BCUT2D eigenvalue weighted by Gasteiger charge is 2.16. The number of nitrogens with two attached hydrogens (primary N) is 1. The van der Waals surface area contributed by atoms with Gasteiger partial charge in [0.1, 0.15) is 24.7 Å². The normalized spacial score (nSPS) is 10.1. The summed E-state index contributed by atoms with van der Waals surface area (Å²) in [5.74, 6) is 0.605. The summed E-state index contributed by atoms with van der Waals surface area (Å²) >= 11 is 0. The molecule has 132 valence electrons. The van der Waals surface area contributed by atoms with E-state index < -0.39 is 10.9 Å². The first-order chi connectivity index (χ1) is 12.0. The number of benzene rings is 2. The predicted octanol–water partition coefficient (Wildman–Crippen LogP) is 2.81. The minimum Gasteiger partial charge on any atom is -0.494 e. The molecule has 0 fully saturated rings. The van der Waals surface area contributed by atoms with Gasteiger partial charge in [0.25, 0.3) is 5.69 Å². The molecule has 2 aromatic rings. The van der Waals surface area contributed by atoms with E-state index in [0.717, 1.165) is 11.8 Å². The number of hydrogen-bond acceptors (Lipinski definition) is 7. The largest absolute Gasteiger partial charge is 0.494 e. The molecule has 0 aliphatic heterocycles. The number of ether oxygens (including phenoxy) is 3. The summed E-state index contributed by atoms with van der Waals surface area (Å²) in [6.07, 6.45) is 0. The number of nitro groups is 1.